The number of carbonyl (C=O) groups is 1. The van der Waals surface area contributed by atoms with Crippen molar-refractivity contribution in [2.45, 2.75) is 42.5 Å². The number of nitrogens with two attached hydrogens (primary N) is 1. The highest BCUT2D eigenvalue weighted by atomic mass is 32.2. The molecule has 3 heterocycles. The van der Waals surface area contributed by atoms with Crippen LogP contribution in [-0.2, 0) is 0 Å². The lowest BCUT2D eigenvalue weighted by Crippen LogP contribution is -2.46. The normalized spacial score (nSPS) is 23.0. The number of piperidine rings is 1. The Morgan fingerprint density at radius 2 is 2.13 bits per heavy atom. The maximum atomic E-state index is 13.5. The van der Waals surface area contributed by atoms with Crippen molar-refractivity contribution in [2.24, 2.45) is 0 Å². The van der Waals surface area contributed by atoms with Gasteiger partial charge in [0.1, 0.15) is 5.82 Å². The Labute approximate surface area is 181 Å². The molecule has 3 aliphatic rings. The molecule has 1 fully saturated rings. The van der Waals surface area contributed by atoms with Crippen LogP contribution < -0.4 is 10.6 Å². The van der Waals surface area contributed by atoms with Crippen molar-refractivity contribution in [3.05, 3.63) is 53.3 Å². The van der Waals surface area contributed by atoms with Gasteiger partial charge in [0.25, 0.3) is 0 Å². The largest absolute Gasteiger partial charge is 0.398 e. The number of halogens is 1. The highest BCUT2D eigenvalue weighted by molar-refractivity contribution is 7.99. The lowest BCUT2D eigenvalue weighted by molar-refractivity contribution is 0.0971. The van der Waals surface area contributed by atoms with Crippen molar-refractivity contribution < 1.29 is 9.18 Å². The second-order valence-electron chi connectivity index (χ2n) is 8.61. The predicted octanol–water partition coefficient (Wildman–Crippen LogP) is 4.54. The Balaban J connectivity index is 1.23. The summed E-state index contributed by atoms with van der Waals surface area (Å²) >= 11 is 2.00. The van der Waals surface area contributed by atoms with Crippen molar-refractivity contribution in [3.8, 4) is 0 Å². The van der Waals surface area contributed by atoms with E-state index in [1.165, 1.54) is 59.5 Å². The number of para-hydroxylation sites is 1. The van der Waals surface area contributed by atoms with Crippen LogP contribution in [0.2, 0.25) is 0 Å². The number of rotatable bonds is 5. The Bertz CT molecular complexity index is 965. The molecule has 4 nitrogen and oxygen atoms in total. The molecule has 0 aliphatic carbocycles. The molecule has 2 aromatic rings. The fourth-order valence-electron chi connectivity index (χ4n) is 5.38. The number of thioether (sulfide) groups is 1. The number of nitrogens with zero attached hydrogens (tertiary/aromatic N) is 2. The number of ketones is 1. The van der Waals surface area contributed by atoms with Gasteiger partial charge in [-0.25, -0.2) is 4.39 Å². The van der Waals surface area contributed by atoms with Gasteiger partial charge in [0.2, 0.25) is 0 Å². The Kier molecular flexibility index (Phi) is 5.46. The Hall–Kier alpha value is -2.05. The molecule has 3 aliphatic heterocycles. The van der Waals surface area contributed by atoms with Crippen LogP contribution in [0.4, 0.5) is 15.8 Å². The minimum absolute atomic E-state index is 0.0666. The number of fused-ring (bicyclic) bond motifs is 3. The summed E-state index contributed by atoms with van der Waals surface area (Å²) in [5.74, 6) is 1.29. The fraction of sp³-hybridized carbons (Fsp3) is 0.458. The van der Waals surface area contributed by atoms with E-state index < -0.39 is 5.82 Å². The molecule has 1 saturated heterocycles. The number of benzene rings is 2. The zero-order valence-electron chi connectivity index (χ0n) is 17.1. The first kappa shape index (κ1) is 19.9. The van der Waals surface area contributed by atoms with E-state index in [2.05, 4.69) is 28.0 Å². The molecule has 2 aromatic carbocycles. The average Bonchev–Trinajstić information content (AvgIpc) is 2.90. The van der Waals surface area contributed by atoms with E-state index in [1.807, 2.05) is 11.8 Å². The zero-order valence-corrected chi connectivity index (χ0v) is 18.0. The van der Waals surface area contributed by atoms with Crippen molar-refractivity contribution in [1.29, 1.82) is 0 Å². The minimum atomic E-state index is -0.412. The summed E-state index contributed by atoms with van der Waals surface area (Å²) in [6.07, 6.45) is 3.60. The van der Waals surface area contributed by atoms with E-state index >= 15 is 0 Å². The van der Waals surface area contributed by atoms with Crippen LogP contribution in [0.1, 0.15) is 47.5 Å². The summed E-state index contributed by atoms with van der Waals surface area (Å²) in [5.41, 5.74) is 9.54. The topological polar surface area (TPSA) is 49.6 Å². The third kappa shape index (κ3) is 3.60. The van der Waals surface area contributed by atoms with Gasteiger partial charge in [-0.15, -0.1) is 11.8 Å². The fourth-order valence-corrected chi connectivity index (χ4v) is 6.42. The summed E-state index contributed by atoms with van der Waals surface area (Å²) in [4.78, 5) is 19.1. The van der Waals surface area contributed by atoms with Crippen molar-refractivity contribution in [2.75, 3.05) is 42.6 Å². The van der Waals surface area contributed by atoms with E-state index in [0.29, 0.717) is 29.6 Å². The van der Waals surface area contributed by atoms with Crippen LogP contribution in [0.5, 0.6) is 0 Å². The minimum Gasteiger partial charge on any atom is -0.398 e. The molecule has 0 bridgehead atoms. The SMILES string of the molecule is Nc1ccc(F)cc1C(=O)CCCN1CC[C@H]2C(C1)c1cccc3c1N2CCCS3. The molecule has 0 amide bonds. The quantitative estimate of drug-likeness (QED) is 0.563. The van der Waals surface area contributed by atoms with E-state index in [4.69, 9.17) is 5.73 Å². The number of hydrogen-bond acceptors (Lipinski definition) is 5. The smallest absolute Gasteiger partial charge is 0.165 e. The van der Waals surface area contributed by atoms with Crippen LogP contribution >= 0.6 is 11.8 Å². The van der Waals surface area contributed by atoms with E-state index in [9.17, 15) is 9.18 Å². The first-order valence-electron chi connectivity index (χ1n) is 10.9. The summed E-state index contributed by atoms with van der Waals surface area (Å²) in [6, 6.07) is 11.5. The first-order chi connectivity index (χ1) is 14.6. The summed E-state index contributed by atoms with van der Waals surface area (Å²) < 4.78 is 13.5. The van der Waals surface area contributed by atoms with Gasteiger partial charge in [0, 0.05) is 54.2 Å². The third-order valence-corrected chi connectivity index (χ3v) is 7.91. The lowest BCUT2D eigenvalue weighted by Gasteiger charge is -2.39. The lowest BCUT2D eigenvalue weighted by atomic mass is 9.89. The number of hydrogen-bond donors (Lipinski definition) is 1. The van der Waals surface area contributed by atoms with Gasteiger partial charge in [-0.3, -0.25) is 4.79 Å². The number of Topliss-reactive ketones (excluding diaryl/α,β-unsaturated/α-hetero) is 1. The number of likely N-dealkylation sites (tertiary alicyclic amines) is 1. The molecule has 2 atom stereocenters. The van der Waals surface area contributed by atoms with Crippen LogP contribution in [0.3, 0.4) is 0 Å². The summed E-state index contributed by atoms with van der Waals surface area (Å²) in [7, 11) is 0. The Morgan fingerprint density at radius 1 is 1.23 bits per heavy atom. The molecule has 5 rings (SSSR count). The molecule has 1 unspecified atom stereocenters. The molecule has 6 heteroatoms. The maximum Gasteiger partial charge on any atom is 0.165 e. The zero-order chi connectivity index (χ0) is 20.7. The van der Waals surface area contributed by atoms with Crippen LogP contribution in [0.15, 0.2) is 41.3 Å². The van der Waals surface area contributed by atoms with Crippen molar-refractivity contribution in [3.63, 3.8) is 0 Å². The molecule has 2 N–H and O–H groups in total. The molecule has 0 spiro atoms. The molecular weight excluding hydrogens is 397 g/mol. The molecule has 30 heavy (non-hydrogen) atoms. The standard InChI is InChI=1S/C24H28FN3OS/c25-16-7-8-20(26)18(14-16)22(29)5-2-10-27-12-9-21-19(15-27)17-4-1-6-23-24(17)28(21)11-3-13-30-23/h1,4,6-8,14,19,21H,2-3,5,9-13,15,26H2/t19?,21-/m0/s1. The second-order valence-corrected chi connectivity index (χ2v) is 9.75. The van der Waals surface area contributed by atoms with Gasteiger partial charge in [-0.1, -0.05) is 12.1 Å². The molecule has 158 valence electrons. The van der Waals surface area contributed by atoms with Gasteiger partial charge in [-0.2, -0.15) is 0 Å². The van der Waals surface area contributed by atoms with E-state index in [-0.39, 0.29) is 5.78 Å². The molecular formula is C24H28FN3OS. The maximum absolute atomic E-state index is 13.5. The number of carbonyl (C=O) groups excluding carboxylic acids is 1. The van der Waals surface area contributed by atoms with Gasteiger partial charge < -0.3 is 15.5 Å². The molecule has 0 aromatic heterocycles. The number of nitrogen functional groups attached to an aromatic ring is 1. The number of anilines is 2. The monoisotopic (exact) mass is 425 g/mol. The summed E-state index contributed by atoms with van der Waals surface area (Å²) in [6.45, 7) is 4.19. The van der Waals surface area contributed by atoms with Crippen LogP contribution in [-0.4, -0.2) is 48.7 Å². The van der Waals surface area contributed by atoms with Crippen molar-refractivity contribution >= 4 is 28.9 Å². The van der Waals surface area contributed by atoms with E-state index in [0.717, 1.165) is 26.1 Å². The summed E-state index contributed by atoms with van der Waals surface area (Å²) in [5, 5.41) is 0. The van der Waals surface area contributed by atoms with Gasteiger partial charge in [0.15, 0.2) is 5.78 Å². The average molecular weight is 426 g/mol. The van der Waals surface area contributed by atoms with Crippen LogP contribution in [0, 0.1) is 5.82 Å². The van der Waals surface area contributed by atoms with Gasteiger partial charge >= 0.3 is 0 Å². The Morgan fingerprint density at radius 3 is 3.03 bits per heavy atom. The molecule has 0 radical (unpaired) electrons. The van der Waals surface area contributed by atoms with E-state index in [1.54, 1.807) is 0 Å². The first-order valence-corrected chi connectivity index (χ1v) is 11.9. The highest BCUT2D eigenvalue weighted by Gasteiger charge is 2.43. The van der Waals surface area contributed by atoms with Gasteiger partial charge in [-0.05, 0) is 61.4 Å². The van der Waals surface area contributed by atoms with Crippen LogP contribution in [0.25, 0.3) is 0 Å². The van der Waals surface area contributed by atoms with Gasteiger partial charge in [0.05, 0.1) is 5.69 Å². The molecule has 0 saturated carbocycles. The predicted molar refractivity (Wildman–Crippen MR) is 121 cm³/mol. The second kappa shape index (κ2) is 8.23. The highest BCUT2D eigenvalue weighted by Crippen LogP contribution is 2.50. The third-order valence-electron chi connectivity index (χ3n) is 6.77. The van der Waals surface area contributed by atoms with Crippen molar-refractivity contribution in [1.82, 2.24) is 4.90 Å².